The Hall–Kier alpha value is -1.59. The molecule has 2 heterocycles. The summed E-state index contributed by atoms with van der Waals surface area (Å²) in [6.07, 6.45) is 0. The summed E-state index contributed by atoms with van der Waals surface area (Å²) in [6, 6.07) is 5.67. The van der Waals surface area contributed by atoms with Crippen LogP contribution in [0.15, 0.2) is 23.6 Å². The number of aromatic nitrogens is 3. The first-order valence-electron chi connectivity index (χ1n) is 5.46. The summed E-state index contributed by atoms with van der Waals surface area (Å²) in [4.78, 5) is 8.74. The zero-order valence-corrected chi connectivity index (χ0v) is 11.3. The number of fused-ring (bicyclic) bond motifs is 1. The Morgan fingerprint density at radius 1 is 1.39 bits per heavy atom. The van der Waals surface area contributed by atoms with Crippen LogP contribution in [0.1, 0.15) is 10.7 Å². The molecule has 0 spiro atoms. The Bertz CT molecular complexity index is 716. The van der Waals surface area contributed by atoms with Gasteiger partial charge in [-0.2, -0.15) is 0 Å². The van der Waals surface area contributed by atoms with Crippen LogP contribution in [0.3, 0.4) is 0 Å². The number of imidazole rings is 1. The number of rotatable bonds is 2. The predicted molar refractivity (Wildman–Crippen MR) is 75.1 cm³/mol. The summed E-state index contributed by atoms with van der Waals surface area (Å²) in [6.45, 7) is 2.60. The lowest BCUT2D eigenvalue weighted by molar-refractivity contribution is 0.813. The first-order valence-corrected chi connectivity index (χ1v) is 6.72. The van der Waals surface area contributed by atoms with Crippen molar-refractivity contribution in [3.05, 3.63) is 39.3 Å². The van der Waals surface area contributed by atoms with Crippen molar-refractivity contribution in [3.63, 3.8) is 0 Å². The molecule has 0 fully saturated rings. The normalized spacial score (nSPS) is 11.2. The lowest BCUT2D eigenvalue weighted by Crippen LogP contribution is -2.04. The molecule has 3 aromatic rings. The quantitative estimate of drug-likeness (QED) is 0.784. The second-order valence-corrected chi connectivity index (χ2v) is 5.49. The minimum atomic E-state index is 0.462. The van der Waals surface area contributed by atoms with Crippen LogP contribution in [-0.2, 0) is 6.54 Å². The molecule has 0 radical (unpaired) electrons. The highest BCUT2D eigenvalue weighted by molar-refractivity contribution is 7.09. The lowest BCUT2D eigenvalue weighted by Gasteiger charge is -2.03. The largest absolute Gasteiger partial charge is 0.369 e. The first kappa shape index (κ1) is 11.5. The van der Waals surface area contributed by atoms with Gasteiger partial charge >= 0.3 is 0 Å². The topological polar surface area (TPSA) is 56.7 Å². The molecule has 0 aliphatic rings. The van der Waals surface area contributed by atoms with Crippen LogP contribution in [0.5, 0.6) is 0 Å². The fourth-order valence-corrected chi connectivity index (χ4v) is 2.76. The van der Waals surface area contributed by atoms with E-state index < -0.39 is 0 Å². The molecule has 0 bridgehead atoms. The number of thiazole rings is 1. The minimum Gasteiger partial charge on any atom is -0.369 e. The number of halogens is 1. The molecular weight excluding hydrogens is 268 g/mol. The minimum absolute atomic E-state index is 0.462. The van der Waals surface area contributed by atoms with Gasteiger partial charge in [-0.15, -0.1) is 11.3 Å². The molecule has 0 saturated heterocycles. The number of anilines is 1. The van der Waals surface area contributed by atoms with Crippen molar-refractivity contribution in [2.24, 2.45) is 0 Å². The maximum atomic E-state index is 6.10. The zero-order valence-electron chi connectivity index (χ0n) is 9.72. The van der Waals surface area contributed by atoms with Crippen molar-refractivity contribution in [2.75, 3.05) is 5.73 Å². The van der Waals surface area contributed by atoms with Gasteiger partial charge < -0.3 is 10.3 Å². The highest BCUT2D eigenvalue weighted by Gasteiger charge is 2.11. The number of aryl methyl sites for hydroxylation is 1. The van der Waals surface area contributed by atoms with Gasteiger partial charge in [0, 0.05) is 5.38 Å². The zero-order chi connectivity index (χ0) is 12.7. The molecular formula is C12H11ClN4S. The molecule has 0 amide bonds. The fraction of sp³-hybridized carbons (Fsp3) is 0.167. The van der Waals surface area contributed by atoms with E-state index in [4.69, 9.17) is 17.3 Å². The molecule has 0 aliphatic carbocycles. The van der Waals surface area contributed by atoms with Crippen molar-refractivity contribution in [3.8, 4) is 0 Å². The SMILES string of the molecule is Cc1nc(Cn2c(N)nc3c(Cl)cccc32)cs1. The van der Waals surface area contributed by atoms with E-state index in [0.717, 1.165) is 21.7 Å². The van der Waals surface area contributed by atoms with E-state index in [-0.39, 0.29) is 0 Å². The number of benzene rings is 1. The van der Waals surface area contributed by atoms with Crippen LogP contribution in [0.25, 0.3) is 11.0 Å². The van der Waals surface area contributed by atoms with Crippen molar-refractivity contribution in [1.82, 2.24) is 14.5 Å². The maximum absolute atomic E-state index is 6.10. The molecule has 92 valence electrons. The molecule has 0 saturated carbocycles. The van der Waals surface area contributed by atoms with E-state index in [9.17, 15) is 0 Å². The lowest BCUT2D eigenvalue weighted by atomic mass is 10.3. The maximum Gasteiger partial charge on any atom is 0.201 e. The average molecular weight is 279 g/mol. The number of nitrogen functional groups attached to an aromatic ring is 1. The number of para-hydroxylation sites is 1. The number of hydrogen-bond acceptors (Lipinski definition) is 4. The van der Waals surface area contributed by atoms with Crippen molar-refractivity contribution in [1.29, 1.82) is 0 Å². The smallest absolute Gasteiger partial charge is 0.201 e. The van der Waals surface area contributed by atoms with Gasteiger partial charge in [0.05, 0.1) is 27.8 Å². The average Bonchev–Trinajstić information content (AvgIpc) is 2.87. The molecule has 4 nitrogen and oxygen atoms in total. The van der Waals surface area contributed by atoms with Gasteiger partial charge in [-0.25, -0.2) is 9.97 Å². The number of hydrogen-bond donors (Lipinski definition) is 1. The van der Waals surface area contributed by atoms with E-state index >= 15 is 0 Å². The van der Waals surface area contributed by atoms with Crippen LogP contribution < -0.4 is 5.73 Å². The predicted octanol–water partition coefficient (Wildman–Crippen LogP) is 3.09. The highest BCUT2D eigenvalue weighted by atomic mass is 35.5. The second kappa shape index (κ2) is 4.26. The Morgan fingerprint density at radius 2 is 2.22 bits per heavy atom. The Kier molecular flexibility index (Phi) is 2.72. The third-order valence-electron chi connectivity index (χ3n) is 2.75. The number of nitrogens with zero attached hydrogens (tertiary/aromatic N) is 3. The van der Waals surface area contributed by atoms with Crippen LogP contribution in [0.4, 0.5) is 5.95 Å². The summed E-state index contributed by atoms with van der Waals surface area (Å²) in [5, 5.41) is 3.70. The van der Waals surface area contributed by atoms with E-state index in [1.165, 1.54) is 0 Å². The standard InChI is InChI=1S/C12H11ClN4S/c1-7-15-8(6-18-7)5-17-10-4-2-3-9(13)11(10)16-12(17)14/h2-4,6H,5H2,1H3,(H2,14,16). The Morgan fingerprint density at radius 3 is 2.94 bits per heavy atom. The Labute approximate surface area is 113 Å². The molecule has 0 atom stereocenters. The van der Waals surface area contributed by atoms with Gasteiger partial charge in [-0.3, -0.25) is 0 Å². The highest BCUT2D eigenvalue weighted by Crippen LogP contribution is 2.25. The molecule has 1 aromatic carbocycles. The summed E-state index contributed by atoms with van der Waals surface area (Å²) in [5.41, 5.74) is 8.61. The van der Waals surface area contributed by atoms with Crippen LogP contribution in [0, 0.1) is 6.92 Å². The molecule has 2 N–H and O–H groups in total. The summed E-state index contributed by atoms with van der Waals surface area (Å²) in [5.74, 6) is 0.462. The van der Waals surface area contributed by atoms with Crippen molar-refractivity contribution >= 4 is 39.9 Å². The van der Waals surface area contributed by atoms with Crippen molar-refractivity contribution < 1.29 is 0 Å². The second-order valence-electron chi connectivity index (χ2n) is 4.02. The monoisotopic (exact) mass is 278 g/mol. The molecule has 0 unspecified atom stereocenters. The van der Waals surface area contributed by atoms with E-state index in [0.29, 0.717) is 17.5 Å². The van der Waals surface area contributed by atoms with Gasteiger partial charge in [-0.1, -0.05) is 17.7 Å². The molecule has 3 rings (SSSR count). The van der Waals surface area contributed by atoms with E-state index in [1.54, 1.807) is 11.3 Å². The summed E-state index contributed by atoms with van der Waals surface area (Å²) in [7, 11) is 0. The third-order valence-corrected chi connectivity index (χ3v) is 3.87. The van der Waals surface area contributed by atoms with Crippen LogP contribution in [0.2, 0.25) is 5.02 Å². The Balaban J connectivity index is 2.11. The fourth-order valence-electron chi connectivity index (χ4n) is 1.94. The molecule has 6 heteroatoms. The van der Waals surface area contributed by atoms with E-state index in [1.807, 2.05) is 35.1 Å². The number of nitrogens with two attached hydrogens (primary N) is 1. The van der Waals surface area contributed by atoms with Gasteiger partial charge in [-0.05, 0) is 19.1 Å². The van der Waals surface area contributed by atoms with Crippen LogP contribution >= 0.6 is 22.9 Å². The van der Waals surface area contributed by atoms with Crippen LogP contribution in [-0.4, -0.2) is 14.5 Å². The van der Waals surface area contributed by atoms with Gasteiger partial charge in [0.25, 0.3) is 0 Å². The van der Waals surface area contributed by atoms with Gasteiger partial charge in [0.1, 0.15) is 5.52 Å². The first-order chi connectivity index (χ1) is 8.65. The van der Waals surface area contributed by atoms with E-state index in [2.05, 4.69) is 9.97 Å². The molecule has 2 aromatic heterocycles. The molecule has 0 aliphatic heterocycles. The summed E-state index contributed by atoms with van der Waals surface area (Å²) < 4.78 is 1.93. The van der Waals surface area contributed by atoms with Gasteiger partial charge in [0.2, 0.25) is 5.95 Å². The third kappa shape index (κ3) is 1.85. The van der Waals surface area contributed by atoms with Crippen molar-refractivity contribution in [2.45, 2.75) is 13.5 Å². The van der Waals surface area contributed by atoms with Gasteiger partial charge in [0.15, 0.2) is 0 Å². The summed E-state index contributed by atoms with van der Waals surface area (Å²) >= 11 is 7.73. The molecule has 18 heavy (non-hydrogen) atoms.